The van der Waals surface area contributed by atoms with E-state index in [1.165, 1.54) is 23.1 Å². The van der Waals surface area contributed by atoms with Crippen molar-refractivity contribution in [2.45, 2.75) is 9.79 Å². The quantitative estimate of drug-likeness (QED) is 0.468. The SMILES string of the molecule is N#Cc1ccccc1Sc1ccccc1C(=O)Nc1nnc(-c2ccccc2)s1. The smallest absolute Gasteiger partial charge is 0.258 e. The molecule has 4 rings (SSSR count). The molecule has 140 valence electrons. The number of amides is 1. The highest BCUT2D eigenvalue weighted by molar-refractivity contribution is 7.99. The largest absolute Gasteiger partial charge is 0.296 e. The Labute approximate surface area is 176 Å². The highest BCUT2D eigenvalue weighted by Gasteiger charge is 2.16. The molecule has 0 aliphatic heterocycles. The molecule has 0 fully saturated rings. The number of hydrogen-bond acceptors (Lipinski definition) is 6. The monoisotopic (exact) mass is 414 g/mol. The van der Waals surface area contributed by atoms with Gasteiger partial charge in [0.25, 0.3) is 5.91 Å². The first-order valence-electron chi connectivity index (χ1n) is 8.71. The molecular weight excluding hydrogens is 400 g/mol. The number of hydrogen-bond donors (Lipinski definition) is 1. The van der Waals surface area contributed by atoms with Gasteiger partial charge in [0.1, 0.15) is 11.1 Å². The average molecular weight is 415 g/mol. The zero-order chi connectivity index (χ0) is 20.1. The maximum Gasteiger partial charge on any atom is 0.258 e. The van der Waals surface area contributed by atoms with Crippen LogP contribution in [-0.2, 0) is 0 Å². The van der Waals surface area contributed by atoms with E-state index in [0.29, 0.717) is 16.3 Å². The molecule has 0 unspecified atom stereocenters. The molecule has 5 nitrogen and oxygen atoms in total. The van der Waals surface area contributed by atoms with E-state index >= 15 is 0 Å². The molecule has 1 heterocycles. The fourth-order valence-electron chi connectivity index (χ4n) is 2.65. The maximum absolute atomic E-state index is 12.9. The number of anilines is 1. The first-order valence-corrected chi connectivity index (χ1v) is 10.3. The van der Waals surface area contributed by atoms with Crippen molar-refractivity contribution >= 4 is 34.1 Å². The van der Waals surface area contributed by atoms with E-state index < -0.39 is 0 Å². The molecule has 0 saturated heterocycles. The van der Waals surface area contributed by atoms with Gasteiger partial charge in [0, 0.05) is 15.4 Å². The van der Waals surface area contributed by atoms with Crippen LogP contribution in [0.4, 0.5) is 5.13 Å². The Kier molecular flexibility index (Phi) is 5.66. The van der Waals surface area contributed by atoms with Crippen molar-refractivity contribution in [2.75, 3.05) is 5.32 Å². The van der Waals surface area contributed by atoms with Crippen molar-refractivity contribution in [3.8, 4) is 16.6 Å². The molecule has 0 atom stereocenters. The minimum absolute atomic E-state index is 0.265. The number of nitriles is 1. The molecule has 3 aromatic carbocycles. The fourth-order valence-corrected chi connectivity index (χ4v) is 4.41. The Morgan fingerprint density at radius 1 is 0.897 bits per heavy atom. The molecule has 1 aromatic heterocycles. The lowest BCUT2D eigenvalue weighted by Gasteiger charge is -2.09. The number of rotatable bonds is 5. The molecule has 0 aliphatic carbocycles. The van der Waals surface area contributed by atoms with E-state index in [2.05, 4.69) is 21.6 Å². The van der Waals surface area contributed by atoms with E-state index in [1.807, 2.05) is 66.7 Å². The molecule has 29 heavy (non-hydrogen) atoms. The molecule has 1 N–H and O–H groups in total. The first kappa shape index (κ1) is 18.9. The average Bonchev–Trinajstić information content (AvgIpc) is 3.23. The van der Waals surface area contributed by atoms with Crippen LogP contribution in [0.15, 0.2) is 88.7 Å². The summed E-state index contributed by atoms with van der Waals surface area (Å²) in [6.07, 6.45) is 0. The maximum atomic E-state index is 12.9. The van der Waals surface area contributed by atoms with Crippen LogP contribution in [0.3, 0.4) is 0 Å². The van der Waals surface area contributed by atoms with Gasteiger partial charge in [-0.1, -0.05) is 77.7 Å². The molecule has 0 saturated carbocycles. The standard InChI is InChI=1S/C22H14N4OS2/c23-14-16-10-4-6-12-18(16)28-19-13-7-5-11-17(19)20(27)24-22-26-25-21(29-22)15-8-2-1-3-9-15/h1-13H,(H,24,26,27). The topological polar surface area (TPSA) is 78.7 Å². The highest BCUT2D eigenvalue weighted by Crippen LogP contribution is 2.33. The predicted octanol–water partition coefficient (Wildman–Crippen LogP) is 5.48. The summed E-state index contributed by atoms with van der Waals surface area (Å²) in [6.45, 7) is 0. The molecule has 0 bridgehead atoms. The van der Waals surface area contributed by atoms with E-state index in [1.54, 1.807) is 12.1 Å². The van der Waals surface area contributed by atoms with Crippen LogP contribution in [0.2, 0.25) is 0 Å². The number of carbonyl (C=O) groups excluding carboxylic acids is 1. The fraction of sp³-hybridized carbons (Fsp3) is 0. The number of nitrogens with one attached hydrogen (secondary N) is 1. The molecule has 0 aliphatic rings. The van der Waals surface area contributed by atoms with Crippen molar-refractivity contribution in [3.05, 3.63) is 90.0 Å². The van der Waals surface area contributed by atoms with Crippen molar-refractivity contribution in [2.24, 2.45) is 0 Å². The van der Waals surface area contributed by atoms with Gasteiger partial charge in [-0.2, -0.15) is 5.26 Å². The minimum atomic E-state index is -0.265. The predicted molar refractivity (Wildman–Crippen MR) is 115 cm³/mol. The lowest BCUT2D eigenvalue weighted by atomic mass is 10.2. The third-order valence-corrected chi connectivity index (χ3v) is 6.06. The number of nitrogens with zero attached hydrogens (tertiary/aromatic N) is 3. The molecule has 0 radical (unpaired) electrons. The van der Waals surface area contributed by atoms with Crippen LogP contribution in [0.5, 0.6) is 0 Å². The lowest BCUT2D eigenvalue weighted by molar-refractivity contribution is 0.102. The van der Waals surface area contributed by atoms with E-state index in [4.69, 9.17) is 0 Å². The van der Waals surface area contributed by atoms with E-state index in [0.717, 1.165) is 20.4 Å². The van der Waals surface area contributed by atoms with Gasteiger partial charge in [-0.3, -0.25) is 10.1 Å². The van der Waals surface area contributed by atoms with Crippen LogP contribution in [0, 0.1) is 11.3 Å². The first-order chi connectivity index (χ1) is 14.2. The highest BCUT2D eigenvalue weighted by atomic mass is 32.2. The zero-order valence-electron chi connectivity index (χ0n) is 15.1. The van der Waals surface area contributed by atoms with Gasteiger partial charge >= 0.3 is 0 Å². The van der Waals surface area contributed by atoms with Gasteiger partial charge in [0.2, 0.25) is 5.13 Å². The Hall–Kier alpha value is -3.47. The summed E-state index contributed by atoms with van der Waals surface area (Å²) in [5.41, 5.74) is 2.04. The summed E-state index contributed by atoms with van der Waals surface area (Å²) >= 11 is 2.71. The summed E-state index contributed by atoms with van der Waals surface area (Å²) in [7, 11) is 0. The minimum Gasteiger partial charge on any atom is -0.296 e. The molecule has 4 aromatic rings. The normalized spacial score (nSPS) is 10.3. The third-order valence-electron chi connectivity index (χ3n) is 4.03. The summed E-state index contributed by atoms with van der Waals surface area (Å²) in [5.74, 6) is -0.265. The van der Waals surface area contributed by atoms with Gasteiger partial charge in [0.15, 0.2) is 0 Å². The Bertz CT molecular complexity index is 1200. The van der Waals surface area contributed by atoms with Crippen LogP contribution >= 0.6 is 23.1 Å². The Morgan fingerprint density at radius 2 is 1.59 bits per heavy atom. The summed E-state index contributed by atoms with van der Waals surface area (Å²) in [5, 5.41) is 21.6. The summed E-state index contributed by atoms with van der Waals surface area (Å²) in [6, 6.07) is 26.5. The van der Waals surface area contributed by atoms with E-state index in [9.17, 15) is 10.1 Å². The van der Waals surface area contributed by atoms with Crippen molar-refractivity contribution in [3.63, 3.8) is 0 Å². The van der Waals surface area contributed by atoms with Crippen molar-refractivity contribution in [1.29, 1.82) is 5.26 Å². The second-order valence-electron chi connectivity index (χ2n) is 5.94. The van der Waals surface area contributed by atoms with Gasteiger partial charge in [0.05, 0.1) is 11.1 Å². The van der Waals surface area contributed by atoms with Gasteiger partial charge in [-0.25, -0.2) is 0 Å². The van der Waals surface area contributed by atoms with Crippen molar-refractivity contribution in [1.82, 2.24) is 10.2 Å². The lowest BCUT2D eigenvalue weighted by Crippen LogP contribution is -2.12. The second kappa shape index (κ2) is 8.69. The van der Waals surface area contributed by atoms with Crippen molar-refractivity contribution < 1.29 is 4.79 Å². The zero-order valence-corrected chi connectivity index (χ0v) is 16.7. The molecule has 1 amide bonds. The van der Waals surface area contributed by atoms with Crippen LogP contribution < -0.4 is 5.32 Å². The summed E-state index contributed by atoms with van der Waals surface area (Å²) < 4.78 is 0. The van der Waals surface area contributed by atoms with Crippen LogP contribution in [0.1, 0.15) is 15.9 Å². The molecular formula is C22H14N4OS2. The Morgan fingerprint density at radius 3 is 2.38 bits per heavy atom. The number of aromatic nitrogens is 2. The van der Waals surface area contributed by atoms with Gasteiger partial charge < -0.3 is 0 Å². The Balaban J connectivity index is 1.56. The molecule has 7 heteroatoms. The molecule has 0 spiro atoms. The second-order valence-corrected chi connectivity index (χ2v) is 8.00. The summed E-state index contributed by atoms with van der Waals surface area (Å²) in [4.78, 5) is 14.4. The van der Waals surface area contributed by atoms with Gasteiger partial charge in [-0.05, 0) is 24.3 Å². The number of benzene rings is 3. The number of carbonyl (C=O) groups is 1. The van der Waals surface area contributed by atoms with Crippen LogP contribution in [-0.4, -0.2) is 16.1 Å². The van der Waals surface area contributed by atoms with Gasteiger partial charge in [-0.15, -0.1) is 10.2 Å². The third kappa shape index (κ3) is 4.35. The van der Waals surface area contributed by atoms with E-state index in [-0.39, 0.29) is 5.91 Å². The van der Waals surface area contributed by atoms with Crippen LogP contribution in [0.25, 0.3) is 10.6 Å².